The minimum absolute atomic E-state index is 0.211. The van der Waals surface area contributed by atoms with Gasteiger partial charge in [-0.2, -0.15) is 13.2 Å². The average Bonchev–Trinajstić information content (AvgIpc) is 2.94. The maximum absolute atomic E-state index is 13.3. The van der Waals surface area contributed by atoms with Gasteiger partial charge in [0, 0.05) is 10.7 Å². The normalized spacial score (nSPS) is 25.1. The van der Waals surface area contributed by atoms with E-state index < -0.39 is 24.1 Å². The van der Waals surface area contributed by atoms with Crippen molar-refractivity contribution in [1.82, 2.24) is 0 Å². The average molecular weight is 313 g/mol. The number of rotatable bonds is 2. The van der Waals surface area contributed by atoms with Gasteiger partial charge in [-0.3, -0.25) is 0 Å². The first kappa shape index (κ1) is 14.9. The second-order valence-corrected chi connectivity index (χ2v) is 6.72. The summed E-state index contributed by atoms with van der Waals surface area (Å²) in [6.45, 7) is 0. The Morgan fingerprint density at radius 3 is 2.67 bits per heavy atom. The minimum atomic E-state index is -4.15. The van der Waals surface area contributed by atoms with Crippen LogP contribution in [0.25, 0.3) is 10.1 Å². The number of hydrogen-bond acceptors (Lipinski definition) is 2. The molecule has 3 atom stereocenters. The molecule has 1 saturated carbocycles. The predicted molar refractivity (Wildman–Crippen MR) is 80.3 cm³/mol. The molecule has 1 aliphatic rings. The van der Waals surface area contributed by atoms with E-state index in [1.165, 1.54) is 0 Å². The summed E-state index contributed by atoms with van der Waals surface area (Å²) in [5, 5.41) is 3.02. The molecule has 1 aromatic heterocycles. The Kier molecular flexibility index (Phi) is 3.97. The van der Waals surface area contributed by atoms with Crippen molar-refractivity contribution < 1.29 is 13.2 Å². The topological polar surface area (TPSA) is 26.0 Å². The number of nitrogens with two attached hydrogens (primary N) is 1. The molecule has 0 saturated heterocycles. The molecule has 3 rings (SSSR count). The van der Waals surface area contributed by atoms with Crippen molar-refractivity contribution >= 4 is 21.4 Å². The van der Waals surface area contributed by atoms with Gasteiger partial charge >= 0.3 is 6.18 Å². The summed E-state index contributed by atoms with van der Waals surface area (Å²) in [5.74, 6) is -1.78. The number of thiophene rings is 1. The molecule has 1 aliphatic carbocycles. The lowest BCUT2D eigenvalue weighted by molar-refractivity contribution is -0.198. The lowest BCUT2D eigenvalue weighted by Crippen LogP contribution is -2.38. The molecular weight excluding hydrogens is 295 g/mol. The Morgan fingerprint density at radius 1 is 1.14 bits per heavy atom. The van der Waals surface area contributed by atoms with Gasteiger partial charge in [-0.15, -0.1) is 11.3 Å². The van der Waals surface area contributed by atoms with Crippen molar-refractivity contribution in [3.63, 3.8) is 0 Å². The van der Waals surface area contributed by atoms with Gasteiger partial charge in [-0.25, -0.2) is 0 Å². The van der Waals surface area contributed by atoms with Gasteiger partial charge in [0.25, 0.3) is 0 Å². The number of fused-ring (bicyclic) bond motifs is 1. The van der Waals surface area contributed by atoms with Crippen molar-refractivity contribution in [2.24, 2.45) is 17.6 Å². The van der Waals surface area contributed by atoms with Crippen LogP contribution in [0.3, 0.4) is 0 Å². The molecule has 0 spiro atoms. The molecular formula is C16H18F3NS. The molecule has 3 unspecified atom stereocenters. The van der Waals surface area contributed by atoms with Crippen LogP contribution in [0.2, 0.25) is 0 Å². The quantitative estimate of drug-likeness (QED) is 0.803. The zero-order valence-corrected chi connectivity index (χ0v) is 12.4. The summed E-state index contributed by atoms with van der Waals surface area (Å²) in [4.78, 5) is 0. The van der Waals surface area contributed by atoms with Gasteiger partial charge in [0.2, 0.25) is 0 Å². The lowest BCUT2D eigenvalue weighted by Gasteiger charge is -2.36. The Labute approximate surface area is 126 Å². The molecule has 0 aliphatic heterocycles. The van der Waals surface area contributed by atoms with Crippen LogP contribution in [0.5, 0.6) is 0 Å². The molecule has 2 N–H and O–H groups in total. The summed E-state index contributed by atoms with van der Waals surface area (Å²) < 4.78 is 40.8. The monoisotopic (exact) mass is 313 g/mol. The summed E-state index contributed by atoms with van der Waals surface area (Å²) in [6, 6.07) is 7.18. The predicted octanol–water partition coefficient (Wildman–Crippen LogP) is 5.27. The van der Waals surface area contributed by atoms with E-state index >= 15 is 0 Å². The summed E-state index contributed by atoms with van der Waals surface area (Å²) in [7, 11) is 0. The van der Waals surface area contributed by atoms with E-state index in [1.54, 1.807) is 11.3 Å². The van der Waals surface area contributed by atoms with Crippen LogP contribution in [0.1, 0.15) is 37.3 Å². The minimum Gasteiger partial charge on any atom is -0.324 e. The van der Waals surface area contributed by atoms with Crippen molar-refractivity contribution in [2.75, 3.05) is 0 Å². The first-order chi connectivity index (χ1) is 9.98. The molecule has 0 bridgehead atoms. The smallest absolute Gasteiger partial charge is 0.324 e. The molecule has 1 heterocycles. The molecule has 2 aromatic rings. The molecule has 1 aromatic carbocycles. The van der Waals surface area contributed by atoms with Gasteiger partial charge in [0.1, 0.15) is 0 Å². The molecule has 0 radical (unpaired) electrons. The van der Waals surface area contributed by atoms with Crippen molar-refractivity contribution in [3.8, 4) is 0 Å². The highest BCUT2D eigenvalue weighted by molar-refractivity contribution is 7.17. The Balaban J connectivity index is 1.96. The van der Waals surface area contributed by atoms with Crippen LogP contribution in [-0.4, -0.2) is 6.18 Å². The fourth-order valence-electron chi connectivity index (χ4n) is 3.51. The van der Waals surface area contributed by atoms with Crippen LogP contribution in [0.4, 0.5) is 13.2 Å². The van der Waals surface area contributed by atoms with Gasteiger partial charge in [0.05, 0.1) is 5.92 Å². The van der Waals surface area contributed by atoms with Crippen LogP contribution >= 0.6 is 11.3 Å². The maximum Gasteiger partial charge on any atom is 0.392 e. The Hall–Kier alpha value is -1.07. The van der Waals surface area contributed by atoms with Crippen LogP contribution < -0.4 is 5.73 Å². The highest BCUT2D eigenvalue weighted by Crippen LogP contribution is 2.46. The zero-order valence-electron chi connectivity index (χ0n) is 11.6. The number of hydrogen-bond donors (Lipinski definition) is 1. The van der Waals surface area contributed by atoms with Crippen LogP contribution in [-0.2, 0) is 0 Å². The second kappa shape index (κ2) is 5.61. The van der Waals surface area contributed by atoms with Gasteiger partial charge < -0.3 is 5.73 Å². The lowest BCUT2D eigenvalue weighted by atomic mass is 9.73. The summed E-state index contributed by atoms with van der Waals surface area (Å²) in [6.07, 6.45) is -1.89. The Bertz CT molecular complexity index is 619. The van der Waals surface area contributed by atoms with Gasteiger partial charge in [-0.1, -0.05) is 31.0 Å². The third-order valence-corrected chi connectivity index (χ3v) is 5.55. The Morgan fingerprint density at radius 2 is 1.90 bits per heavy atom. The molecule has 1 fully saturated rings. The van der Waals surface area contributed by atoms with Crippen LogP contribution in [0.15, 0.2) is 29.6 Å². The number of alkyl halides is 3. The van der Waals surface area contributed by atoms with E-state index in [0.29, 0.717) is 12.8 Å². The fourth-order valence-corrected chi connectivity index (χ4v) is 4.47. The summed E-state index contributed by atoms with van der Waals surface area (Å²) in [5.41, 5.74) is 7.15. The zero-order chi connectivity index (χ0) is 15.0. The molecule has 0 amide bonds. The number of halogens is 3. The highest BCUT2D eigenvalue weighted by atomic mass is 32.1. The van der Waals surface area contributed by atoms with Crippen LogP contribution in [0, 0.1) is 11.8 Å². The fraction of sp³-hybridized carbons (Fsp3) is 0.500. The highest BCUT2D eigenvalue weighted by Gasteiger charge is 2.47. The van der Waals surface area contributed by atoms with E-state index in [2.05, 4.69) is 0 Å². The number of benzene rings is 1. The molecule has 1 nitrogen and oxygen atoms in total. The van der Waals surface area contributed by atoms with Crippen molar-refractivity contribution in [2.45, 2.75) is 37.9 Å². The van der Waals surface area contributed by atoms with E-state index in [-0.39, 0.29) is 6.42 Å². The third kappa shape index (κ3) is 2.81. The van der Waals surface area contributed by atoms with Gasteiger partial charge in [-0.05, 0) is 41.2 Å². The van der Waals surface area contributed by atoms with E-state index in [1.807, 2.05) is 29.6 Å². The van der Waals surface area contributed by atoms with Crippen molar-refractivity contribution in [3.05, 3.63) is 35.2 Å². The largest absolute Gasteiger partial charge is 0.392 e. The molecule has 5 heteroatoms. The van der Waals surface area contributed by atoms with E-state index in [4.69, 9.17) is 5.73 Å². The SMILES string of the molecule is NC(c1cccc2ccsc12)C1CCCCC1C(F)(F)F. The molecule has 21 heavy (non-hydrogen) atoms. The first-order valence-electron chi connectivity index (χ1n) is 7.27. The summed E-state index contributed by atoms with van der Waals surface area (Å²) >= 11 is 1.55. The molecule has 114 valence electrons. The van der Waals surface area contributed by atoms with Crippen molar-refractivity contribution in [1.29, 1.82) is 0 Å². The van der Waals surface area contributed by atoms with E-state index in [0.717, 1.165) is 22.1 Å². The maximum atomic E-state index is 13.3. The standard InChI is InChI=1S/C16H18F3NS/c17-16(18,19)13-7-2-1-5-11(13)14(20)12-6-3-4-10-8-9-21-15(10)12/h3-4,6,8-9,11,13-14H,1-2,5,7,20H2. The second-order valence-electron chi connectivity index (χ2n) is 5.81. The van der Waals surface area contributed by atoms with E-state index in [9.17, 15) is 13.2 Å². The van der Waals surface area contributed by atoms with Gasteiger partial charge in [0.15, 0.2) is 0 Å². The third-order valence-electron chi connectivity index (χ3n) is 4.57. The first-order valence-corrected chi connectivity index (χ1v) is 8.15.